The minimum Gasteiger partial charge on any atom is -0.455 e. The first-order valence-electron chi connectivity index (χ1n) is 7.97. The van der Waals surface area contributed by atoms with Gasteiger partial charge in [0.2, 0.25) is 0 Å². The molecule has 1 aromatic carbocycles. The molecule has 1 amide bonds. The highest BCUT2D eigenvalue weighted by Crippen LogP contribution is 2.27. The number of rotatable bonds is 5. The van der Waals surface area contributed by atoms with Crippen molar-refractivity contribution in [2.75, 3.05) is 6.61 Å². The number of nitrogens with one attached hydrogen (secondary N) is 1. The highest BCUT2D eigenvalue weighted by atomic mass is 16.5. The van der Waals surface area contributed by atoms with Crippen molar-refractivity contribution < 1.29 is 14.3 Å². The lowest BCUT2D eigenvalue weighted by Gasteiger charge is -2.31. The molecule has 0 spiro atoms. The third-order valence-electron chi connectivity index (χ3n) is 4.26. The van der Waals surface area contributed by atoms with Gasteiger partial charge in [-0.15, -0.1) is 0 Å². The van der Waals surface area contributed by atoms with Crippen LogP contribution in [0.5, 0.6) is 0 Å². The van der Waals surface area contributed by atoms with E-state index in [1.807, 2.05) is 31.2 Å². The molecule has 0 radical (unpaired) electrons. The van der Waals surface area contributed by atoms with Crippen LogP contribution in [-0.4, -0.2) is 24.0 Å². The summed E-state index contributed by atoms with van der Waals surface area (Å²) in [6.07, 6.45) is 4.41. The molecule has 0 atom stereocenters. The first kappa shape index (κ1) is 17.0. The van der Waals surface area contributed by atoms with Crippen LogP contribution in [0, 0.1) is 18.3 Å². The van der Waals surface area contributed by atoms with Crippen molar-refractivity contribution in [3.8, 4) is 6.07 Å². The maximum Gasteiger partial charge on any atom is 0.310 e. The zero-order valence-corrected chi connectivity index (χ0v) is 13.4. The molecule has 1 aliphatic rings. The molecule has 0 aromatic heterocycles. The molecular formula is C18H22N2O3. The van der Waals surface area contributed by atoms with E-state index in [0.717, 1.165) is 30.4 Å². The lowest BCUT2D eigenvalue weighted by atomic mass is 9.83. The molecule has 0 bridgehead atoms. The fourth-order valence-corrected chi connectivity index (χ4v) is 2.88. The largest absolute Gasteiger partial charge is 0.455 e. The molecule has 0 saturated heterocycles. The predicted molar refractivity (Wildman–Crippen MR) is 85.4 cm³/mol. The van der Waals surface area contributed by atoms with Crippen molar-refractivity contribution in [3.05, 3.63) is 35.4 Å². The smallest absolute Gasteiger partial charge is 0.310 e. The standard InChI is InChI=1S/C18H22N2O3/c1-14-7-3-4-8-15(14)11-17(22)23-12-16(21)20-18(13-19)9-5-2-6-10-18/h3-4,7-8H,2,5-6,9-12H2,1H3,(H,20,21). The van der Waals surface area contributed by atoms with E-state index in [1.54, 1.807) is 0 Å². The van der Waals surface area contributed by atoms with Gasteiger partial charge in [-0.2, -0.15) is 5.26 Å². The Balaban J connectivity index is 1.81. The number of aryl methyl sites for hydroxylation is 1. The lowest BCUT2D eigenvalue weighted by Crippen LogP contribution is -2.50. The van der Waals surface area contributed by atoms with Gasteiger partial charge in [0, 0.05) is 0 Å². The summed E-state index contributed by atoms with van der Waals surface area (Å²) in [5.41, 5.74) is 1.11. The number of nitriles is 1. The van der Waals surface area contributed by atoms with Crippen molar-refractivity contribution >= 4 is 11.9 Å². The van der Waals surface area contributed by atoms with Gasteiger partial charge in [-0.3, -0.25) is 9.59 Å². The number of esters is 1. The van der Waals surface area contributed by atoms with Crippen LogP contribution in [-0.2, 0) is 20.7 Å². The Labute approximate surface area is 136 Å². The molecule has 0 aliphatic heterocycles. The average Bonchev–Trinajstić information content (AvgIpc) is 2.56. The molecule has 0 heterocycles. The van der Waals surface area contributed by atoms with Gasteiger partial charge in [-0.05, 0) is 30.9 Å². The highest BCUT2D eigenvalue weighted by Gasteiger charge is 2.33. The van der Waals surface area contributed by atoms with E-state index in [1.165, 1.54) is 0 Å². The van der Waals surface area contributed by atoms with E-state index in [4.69, 9.17) is 4.74 Å². The second kappa shape index (κ2) is 7.77. The fraction of sp³-hybridized carbons (Fsp3) is 0.500. The van der Waals surface area contributed by atoms with Crippen LogP contribution in [0.2, 0.25) is 0 Å². The summed E-state index contributed by atoms with van der Waals surface area (Å²) in [7, 11) is 0. The quantitative estimate of drug-likeness (QED) is 0.847. The second-order valence-corrected chi connectivity index (χ2v) is 6.07. The molecule has 1 N–H and O–H groups in total. The molecule has 122 valence electrons. The number of nitrogens with zero attached hydrogens (tertiary/aromatic N) is 1. The Bertz CT molecular complexity index is 613. The second-order valence-electron chi connectivity index (χ2n) is 6.07. The lowest BCUT2D eigenvalue weighted by molar-refractivity contribution is -0.148. The average molecular weight is 314 g/mol. The molecule has 5 nitrogen and oxygen atoms in total. The molecule has 0 unspecified atom stereocenters. The first-order chi connectivity index (χ1) is 11.0. The van der Waals surface area contributed by atoms with Crippen LogP contribution in [0.1, 0.15) is 43.2 Å². The zero-order chi connectivity index (χ0) is 16.7. The van der Waals surface area contributed by atoms with Gasteiger partial charge >= 0.3 is 5.97 Å². The molecule has 1 saturated carbocycles. The van der Waals surface area contributed by atoms with Crippen LogP contribution in [0.15, 0.2) is 24.3 Å². The summed E-state index contributed by atoms with van der Waals surface area (Å²) in [5, 5.41) is 12.1. The number of benzene rings is 1. The Kier molecular flexibility index (Phi) is 5.75. The maximum absolute atomic E-state index is 12.0. The Hall–Kier alpha value is -2.35. The normalized spacial score (nSPS) is 16.2. The molecule has 23 heavy (non-hydrogen) atoms. The van der Waals surface area contributed by atoms with Crippen molar-refractivity contribution in [2.24, 2.45) is 0 Å². The summed E-state index contributed by atoms with van der Waals surface area (Å²) in [6.45, 7) is 1.59. The SMILES string of the molecule is Cc1ccccc1CC(=O)OCC(=O)NC1(C#N)CCCCC1. The van der Waals surface area contributed by atoms with E-state index >= 15 is 0 Å². The van der Waals surface area contributed by atoms with Gasteiger partial charge in [0.15, 0.2) is 6.61 Å². The summed E-state index contributed by atoms with van der Waals surface area (Å²) >= 11 is 0. The van der Waals surface area contributed by atoms with E-state index in [0.29, 0.717) is 12.8 Å². The van der Waals surface area contributed by atoms with Gasteiger partial charge in [0.1, 0.15) is 5.54 Å². The highest BCUT2D eigenvalue weighted by molar-refractivity contribution is 5.82. The maximum atomic E-state index is 12.0. The molecule has 1 aromatic rings. The molecule has 1 aliphatic carbocycles. The number of carbonyl (C=O) groups is 2. The predicted octanol–water partition coefficient (Wildman–Crippen LogP) is 2.42. The monoisotopic (exact) mass is 314 g/mol. The van der Waals surface area contributed by atoms with Crippen LogP contribution in [0.3, 0.4) is 0 Å². The van der Waals surface area contributed by atoms with Crippen LogP contribution < -0.4 is 5.32 Å². The van der Waals surface area contributed by atoms with Crippen LogP contribution >= 0.6 is 0 Å². The van der Waals surface area contributed by atoms with Crippen molar-refractivity contribution in [1.82, 2.24) is 5.32 Å². The third kappa shape index (κ3) is 4.82. The Morgan fingerprint density at radius 1 is 1.26 bits per heavy atom. The number of ether oxygens (including phenoxy) is 1. The van der Waals surface area contributed by atoms with E-state index in [-0.39, 0.29) is 13.0 Å². The third-order valence-corrected chi connectivity index (χ3v) is 4.26. The topological polar surface area (TPSA) is 79.2 Å². The summed E-state index contributed by atoms with van der Waals surface area (Å²) in [4.78, 5) is 23.8. The Morgan fingerprint density at radius 3 is 2.61 bits per heavy atom. The molecule has 5 heteroatoms. The van der Waals surface area contributed by atoms with Gasteiger partial charge in [0.25, 0.3) is 5.91 Å². The first-order valence-corrected chi connectivity index (χ1v) is 7.97. The number of hydrogen-bond acceptors (Lipinski definition) is 4. The van der Waals surface area contributed by atoms with Gasteiger partial charge in [-0.1, -0.05) is 43.5 Å². The van der Waals surface area contributed by atoms with Gasteiger partial charge < -0.3 is 10.1 Å². The zero-order valence-electron chi connectivity index (χ0n) is 13.4. The minimum absolute atomic E-state index is 0.142. The Morgan fingerprint density at radius 2 is 1.96 bits per heavy atom. The molecule has 1 fully saturated rings. The van der Waals surface area contributed by atoms with Crippen molar-refractivity contribution in [2.45, 2.75) is 51.0 Å². The van der Waals surface area contributed by atoms with Crippen LogP contribution in [0.25, 0.3) is 0 Å². The van der Waals surface area contributed by atoms with E-state index in [2.05, 4.69) is 11.4 Å². The number of hydrogen-bond donors (Lipinski definition) is 1. The van der Waals surface area contributed by atoms with Crippen LogP contribution in [0.4, 0.5) is 0 Å². The van der Waals surface area contributed by atoms with E-state index < -0.39 is 17.4 Å². The number of carbonyl (C=O) groups excluding carboxylic acids is 2. The summed E-state index contributed by atoms with van der Waals surface area (Å²) in [6, 6.07) is 9.77. The number of amides is 1. The summed E-state index contributed by atoms with van der Waals surface area (Å²) in [5.74, 6) is -0.851. The van der Waals surface area contributed by atoms with Gasteiger partial charge in [-0.25, -0.2) is 0 Å². The molecule has 2 rings (SSSR count). The van der Waals surface area contributed by atoms with Crippen molar-refractivity contribution in [3.63, 3.8) is 0 Å². The molecular weight excluding hydrogens is 292 g/mol. The van der Waals surface area contributed by atoms with E-state index in [9.17, 15) is 14.9 Å². The van der Waals surface area contributed by atoms with Gasteiger partial charge in [0.05, 0.1) is 12.5 Å². The fourth-order valence-electron chi connectivity index (χ4n) is 2.88. The minimum atomic E-state index is -0.794. The summed E-state index contributed by atoms with van der Waals surface area (Å²) < 4.78 is 5.03. The van der Waals surface area contributed by atoms with Crippen molar-refractivity contribution in [1.29, 1.82) is 5.26 Å².